The summed E-state index contributed by atoms with van der Waals surface area (Å²) in [4.78, 5) is 11.3. The van der Waals surface area contributed by atoms with Gasteiger partial charge in [-0.3, -0.25) is 9.80 Å². The molecule has 2 unspecified atom stereocenters. The van der Waals surface area contributed by atoms with Gasteiger partial charge in [-0.1, -0.05) is 30.3 Å². The number of halogens is 4. The summed E-state index contributed by atoms with van der Waals surface area (Å²) in [6.45, 7) is 1.04. The molecule has 3 aromatic carbocycles. The molecule has 38 heavy (non-hydrogen) atoms. The van der Waals surface area contributed by atoms with Gasteiger partial charge in [0.1, 0.15) is 17.3 Å². The second-order valence-corrected chi connectivity index (χ2v) is 9.11. The third-order valence-electron chi connectivity index (χ3n) is 6.64. The standard InChI is InChI=1S/C28H26F4N2O4/c1-16-11-19(22-13-21(38-2)9-10-24(22)29)6-5-18(16)12-17-3-7-20(8-4-17)34-25(14-26(36)37)23(15-35)27(33-34)28(30,31)32/h3-11,13,23,25,35H,12,14-15H2,1-2H3,(H,36,37). The number of benzene rings is 3. The summed E-state index contributed by atoms with van der Waals surface area (Å²) in [6, 6.07) is 15.6. The quantitative estimate of drug-likeness (QED) is 0.371. The number of rotatable bonds is 8. The summed E-state index contributed by atoms with van der Waals surface area (Å²) < 4.78 is 60.1. The maximum absolute atomic E-state index is 14.4. The smallest absolute Gasteiger partial charge is 0.431 e. The molecule has 2 atom stereocenters. The van der Waals surface area contributed by atoms with Gasteiger partial charge in [-0.05, 0) is 65.9 Å². The Morgan fingerprint density at radius 2 is 1.79 bits per heavy atom. The van der Waals surface area contributed by atoms with Gasteiger partial charge >= 0.3 is 12.1 Å². The molecule has 0 amide bonds. The molecule has 0 bridgehead atoms. The van der Waals surface area contributed by atoms with Gasteiger partial charge in [-0.2, -0.15) is 18.3 Å². The first-order valence-electron chi connectivity index (χ1n) is 11.8. The number of aryl methyl sites for hydroxylation is 1. The molecule has 10 heteroatoms. The Kier molecular flexibility index (Phi) is 7.73. The number of nitrogens with zero attached hydrogens (tertiary/aromatic N) is 2. The van der Waals surface area contributed by atoms with E-state index in [1.54, 1.807) is 36.4 Å². The monoisotopic (exact) mass is 530 g/mol. The zero-order valence-corrected chi connectivity index (χ0v) is 20.7. The van der Waals surface area contributed by atoms with Crippen LogP contribution in [0.4, 0.5) is 23.2 Å². The van der Waals surface area contributed by atoms with Crippen molar-refractivity contribution in [3.63, 3.8) is 0 Å². The highest BCUT2D eigenvalue weighted by molar-refractivity contribution is 5.96. The number of anilines is 1. The molecule has 0 spiro atoms. The summed E-state index contributed by atoms with van der Waals surface area (Å²) in [7, 11) is 1.51. The van der Waals surface area contributed by atoms with Crippen molar-refractivity contribution >= 4 is 17.4 Å². The number of carboxylic acids is 1. The molecule has 0 fully saturated rings. The third-order valence-corrected chi connectivity index (χ3v) is 6.64. The van der Waals surface area contributed by atoms with Crippen LogP contribution in [0.25, 0.3) is 11.1 Å². The Morgan fingerprint density at radius 3 is 2.37 bits per heavy atom. The Bertz CT molecular complexity index is 1360. The van der Waals surface area contributed by atoms with Gasteiger partial charge in [0.15, 0.2) is 0 Å². The second-order valence-electron chi connectivity index (χ2n) is 9.11. The summed E-state index contributed by atoms with van der Waals surface area (Å²) in [5, 5.41) is 23.5. The Morgan fingerprint density at radius 1 is 1.08 bits per heavy atom. The van der Waals surface area contributed by atoms with Crippen molar-refractivity contribution in [1.82, 2.24) is 0 Å². The van der Waals surface area contributed by atoms with Gasteiger partial charge in [0, 0.05) is 5.56 Å². The zero-order chi connectivity index (χ0) is 27.6. The number of aliphatic hydroxyl groups is 1. The number of methoxy groups -OCH3 is 1. The van der Waals surface area contributed by atoms with Crippen molar-refractivity contribution < 1.29 is 37.3 Å². The number of hydrogen-bond donors (Lipinski definition) is 2. The first-order chi connectivity index (χ1) is 18.0. The number of aliphatic hydroxyl groups excluding tert-OH is 1. The molecule has 1 heterocycles. The number of hydrogen-bond acceptors (Lipinski definition) is 5. The fraction of sp³-hybridized carbons (Fsp3) is 0.286. The van der Waals surface area contributed by atoms with E-state index in [1.807, 2.05) is 25.1 Å². The highest BCUT2D eigenvalue weighted by Crippen LogP contribution is 2.37. The number of hydrazone groups is 1. The summed E-state index contributed by atoms with van der Waals surface area (Å²) in [6.07, 6.45) is -4.90. The molecule has 200 valence electrons. The van der Waals surface area contributed by atoms with Crippen molar-refractivity contribution in [3.8, 4) is 16.9 Å². The number of alkyl halides is 3. The first kappa shape index (κ1) is 27.1. The molecule has 0 aliphatic carbocycles. The second kappa shape index (κ2) is 10.8. The molecular formula is C28H26F4N2O4. The van der Waals surface area contributed by atoms with Crippen LogP contribution in [0.3, 0.4) is 0 Å². The molecule has 2 N–H and O–H groups in total. The molecular weight excluding hydrogens is 504 g/mol. The molecule has 1 aliphatic heterocycles. The summed E-state index contributed by atoms with van der Waals surface area (Å²) in [5.74, 6) is -2.58. The minimum absolute atomic E-state index is 0.290. The average molecular weight is 531 g/mol. The highest BCUT2D eigenvalue weighted by atomic mass is 19.4. The Balaban J connectivity index is 1.57. The van der Waals surface area contributed by atoms with Gasteiger partial charge in [0.25, 0.3) is 0 Å². The lowest BCUT2D eigenvalue weighted by molar-refractivity contribution is -0.137. The van der Waals surface area contributed by atoms with Crippen LogP contribution in [-0.2, 0) is 11.2 Å². The van der Waals surface area contributed by atoms with Crippen LogP contribution >= 0.6 is 0 Å². The van der Waals surface area contributed by atoms with Gasteiger partial charge in [0.2, 0.25) is 0 Å². The van der Waals surface area contributed by atoms with Crippen molar-refractivity contribution in [2.45, 2.75) is 32.0 Å². The topological polar surface area (TPSA) is 82.4 Å². The van der Waals surface area contributed by atoms with E-state index in [-0.39, 0.29) is 5.82 Å². The lowest BCUT2D eigenvalue weighted by Gasteiger charge is -2.26. The lowest BCUT2D eigenvalue weighted by atomic mass is 9.93. The molecule has 0 radical (unpaired) electrons. The van der Waals surface area contributed by atoms with Crippen LogP contribution in [0.15, 0.2) is 65.8 Å². The Hall–Kier alpha value is -3.92. The number of carbonyl (C=O) groups is 1. The molecule has 3 aromatic rings. The van der Waals surface area contributed by atoms with Gasteiger partial charge < -0.3 is 14.9 Å². The van der Waals surface area contributed by atoms with E-state index in [9.17, 15) is 32.6 Å². The van der Waals surface area contributed by atoms with Crippen LogP contribution in [0.1, 0.15) is 23.1 Å². The van der Waals surface area contributed by atoms with E-state index in [2.05, 4.69) is 5.10 Å². The van der Waals surface area contributed by atoms with E-state index in [0.717, 1.165) is 21.7 Å². The van der Waals surface area contributed by atoms with Crippen LogP contribution < -0.4 is 9.75 Å². The SMILES string of the molecule is COc1ccc(F)c(-c2ccc(Cc3ccc(N4N=C(C(F)(F)F)C(CO)C4CC(=O)O)cc3)c(C)c2)c1. The molecule has 0 aromatic heterocycles. The Labute approximate surface area is 216 Å². The molecule has 1 aliphatic rings. The predicted octanol–water partition coefficient (Wildman–Crippen LogP) is 5.59. The lowest BCUT2D eigenvalue weighted by Crippen LogP contribution is -2.40. The molecule has 0 saturated heterocycles. The number of carboxylic acid groups (broad SMARTS) is 1. The average Bonchev–Trinajstić information content (AvgIpc) is 3.24. The van der Waals surface area contributed by atoms with Crippen LogP contribution in [0.5, 0.6) is 5.75 Å². The van der Waals surface area contributed by atoms with E-state index in [0.29, 0.717) is 29.0 Å². The molecule has 0 saturated carbocycles. The molecule has 4 rings (SSSR count). The molecule has 6 nitrogen and oxygen atoms in total. The van der Waals surface area contributed by atoms with Crippen molar-refractivity contribution in [1.29, 1.82) is 0 Å². The fourth-order valence-corrected chi connectivity index (χ4v) is 4.65. The van der Waals surface area contributed by atoms with Crippen LogP contribution in [-0.4, -0.2) is 47.8 Å². The van der Waals surface area contributed by atoms with E-state index < -0.39 is 42.8 Å². The summed E-state index contributed by atoms with van der Waals surface area (Å²) in [5.41, 5.74) is 2.99. The minimum atomic E-state index is -4.80. The van der Waals surface area contributed by atoms with E-state index >= 15 is 0 Å². The largest absolute Gasteiger partial charge is 0.497 e. The predicted molar refractivity (Wildman–Crippen MR) is 135 cm³/mol. The normalized spacial score (nSPS) is 17.4. The van der Waals surface area contributed by atoms with E-state index in [1.165, 1.54) is 13.2 Å². The number of ether oxygens (including phenoxy) is 1. The van der Waals surface area contributed by atoms with Gasteiger partial charge in [-0.15, -0.1) is 0 Å². The van der Waals surface area contributed by atoms with Crippen molar-refractivity contribution in [2.75, 3.05) is 18.7 Å². The minimum Gasteiger partial charge on any atom is -0.497 e. The van der Waals surface area contributed by atoms with Crippen LogP contribution in [0, 0.1) is 18.7 Å². The van der Waals surface area contributed by atoms with E-state index in [4.69, 9.17) is 4.74 Å². The fourth-order valence-electron chi connectivity index (χ4n) is 4.65. The maximum atomic E-state index is 14.4. The van der Waals surface area contributed by atoms with Crippen molar-refractivity contribution in [3.05, 3.63) is 83.2 Å². The van der Waals surface area contributed by atoms with Crippen molar-refractivity contribution in [2.24, 2.45) is 11.0 Å². The first-order valence-corrected chi connectivity index (χ1v) is 11.8. The maximum Gasteiger partial charge on any atom is 0.431 e. The highest BCUT2D eigenvalue weighted by Gasteiger charge is 2.50. The zero-order valence-electron chi connectivity index (χ0n) is 20.7. The third kappa shape index (κ3) is 5.65. The number of aliphatic carboxylic acids is 1. The summed E-state index contributed by atoms with van der Waals surface area (Å²) >= 11 is 0. The van der Waals surface area contributed by atoms with Crippen LogP contribution in [0.2, 0.25) is 0 Å². The van der Waals surface area contributed by atoms with Gasteiger partial charge in [0.05, 0.1) is 37.8 Å². The van der Waals surface area contributed by atoms with Gasteiger partial charge in [-0.25, -0.2) is 4.39 Å².